The van der Waals surface area contributed by atoms with Crippen LogP contribution in [0.15, 0.2) is 68.5 Å². The Morgan fingerprint density at radius 1 is 0.410 bits per heavy atom. The number of halogens is 4. The molecule has 4 aromatic rings. The van der Waals surface area contributed by atoms with Crippen LogP contribution in [0.25, 0.3) is 0 Å². The van der Waals surface area contributed by atoms with Gasteiger partial charge in [-0.05, 0) is 95.9 Å². The summed E-state index contributed by atoms with van der Waals surface area (Å²) in [5.41, 5.74) is 4.72. The average molecular weight is 1250 g/mol. The van der Waals surface area contributed by atoms with Crippen LogP contribution in [0.5, 0.6) is 23.0 Å². The van der Waals surface area contributed by atoms with Crippen molar-refractivity contribution in [1.29, 1.82) is 0 Å². The standard InChI is InChI=1S/2C28H36Cl2N2O2.2Co.2HNO3/c2*1-27(2,3)21-13-19(29)11-17(25(21)33)15-31-23-9-7-8-10-24(23)32-16-18-12-20(30)14-22(26(18)34)28(4,5)6;;;2*2-1(3)4/h2*11-16,23-24,33-34H,7-10H2,1-6H3;;;2*(H,2,3,4)/t2*23-,24-;;;;/m10..../s1. The van der Waals surface area contributed by atoms with Gasteiger partial charge in [0.15, 0.2) is 0 Å². The number of hydrogen-bond donors (Lipinski definition) is 6. The van der Waals surface area contributed by atoms with Gasteiger partial charge in [0.1, 0.15) is 23.0 Å². The van der Waals surface area contributed by atoms with Crippen molar-refractivity contribution in [2.75, 3.05) is 0 Å². The van der Waals surface area contributed by atoms with E-state index < -0.39 is 10.2 Å². The Morgan fingerprint density at radius 2 is 0.564 bits per heavy atom. The molecule has 6 N–H and O–H groups in total. The topological polar surface area (TPSA) is 257 Å². The van der Waals surface area contributed by atoms with E-state index in [9.17, 15) is 20.4 Å². The fourth-order valence-corrected chi connectivity index (χ4v) is 9.65. The molecule has 2 aliphatic rings. The number of aliphatic imine (C=N–C) groups is 4. The van der Waals surface area contributed by atoms with E-state index in [0.717, 1.165) is 73.6 Å². The van der Waals surface area contributed by atoms with Gasteiger partial charge in [-0.3, -0.25) is 20.0 Å². The van der Waals surface area contributed by atoms with E-state index in [1.807, 2.05) is 107 Å². The number of rotatable bonds is 8. The third-order valence-corrected chi connectivity index (χ3v) is 13.5. The van der Waals surface area contributed by atoms with E-state index in [2.05, 4.69) is 0 Å². The van der Waals surface area contributed by atoms with Crippen molar-refractivity contribution in [1.82, 2.24) is 0 Å². The Balaban J connectivity index is 0.000000670. The zero-order chi connectivity index (χ0) is 57.7. The molecule has 78 heavy (non-hydrogen) atoms. The molecule has 2 aliphatic carbocycles. The number of hydrogen-bond acceptors (Lipinski definition) is 12. The Labute approximate surface area is 499 Å². The summed E-state index contributed by atoms with van der Waals surface area (Å²) in [5.74, 6) is 0.871. The van der Waals surface area contributed by atoms with Gasteiger partial charge in [0.2, 0.25) is 0 Å². The molecule has 6 rings (SSSR count). The van der Waals surface area contributed by atoms with E-state index in [4.69, 9.17) is 97.0 Å². The zero-order valence-electron chi connectivity index (χ0n) is 46.1. The van der Waals surface area contributed by atoms with Gasteiger partial charge in [0.25, 0.3) is 10.2 Å². The fraction of sp³-hybridized carbons (Fsp3) is 0.500. The van der Waals surface area contributed by atoms with Crippen molar-refractivity contribution >= 4 is 71.3 Å². The summed E-state index contributed by atoms with van der Waals surface area (Å²) in [6.45, 7) is 24.5. The van der Waals surface area contributed by atoms with Gasteiger partial charge in [-0.15, -0.1) is 20.2 Å². The first-order valence-electron chi connectivity index (χ1n) is 24.9. The molecule has 16 nitrogen and oxygen atoms in total. The SMILES string of the molecule is CC(C)(C)c1cc(Cl)cc(C=N[C@@H]2CCCC[C@H]2N=Cc2cc(Cl)cc(C(C)(C)C)c2O)c1O.CC(C)(C)c1cc(Cl)cc(C=N[C@H]2CCCC[C@@H]2N=Cc2cc(Cl)cc(C(C)(C)C)c2O)c1O.O=[N+]([O-])O.O=[N+]([O-])O.[Co].[Co]. The molecule has 434 valence electrons. The molecule has 4 atom stereocenters. The first-order valence-corrected chi connectivity index (χ1v) is 26.4. The number of benzene rings is 4. The van der Waals surface area contributed by atoms with Crippen molar-refractivity contribution in [3.8, 4) is 23.0 Å². The van der Waals surface area contributed by atoms with Crippen molar-refractivity contribution in [3.05, 3.63) is 133 Å². The Morgan fingerprint density at radius 3 is 0.705 bits per heavy atom. The minimum Gasteiger partial charge on any atom is -0.507 e. The van der Waals surface area contributed by atoms with Crippen LogP contribution < -0.4 is 0 Å². The smallest absolute Gasteiger partial charge is 0.291 e. The second-order valence-corrected chi connectivity index (χ2v) is 24.7. The van der Waals surface area contributed by atoms with Crippen molar-refractivity contribution < 1.29 is 74.6 Å². The van der Waals surface area contributed by atoms with Gasteiger partial charge in [-0.2, -0.15) is 0 Å². The van der Waals surface area contributed by atoms with Crippen LogP contribution >= 0.6 is 46.4 Å². The van der Waals surface area contributed by atoms with Crippen LogP contribution in [0.3, 0.4) is 0 Å². The normalized spacial score (nSPS) is 17.9. The molecule has 0 aliphatic heterocycles. The summed E-state index contributed by atoms with van der Waals surface area (Å²) in [6, 6.07) is 14.2. The molecule has 0 bridgehead atoms. The monoisotopic (exact) mass is 1250 g/mol. The van der Waals surface area contributed by atoms with E-state index in [1.54, 1.807) is 49.1 Å². The van der Waals surface area contributed by atoms with Gasteiger partial charge in [0.05, 0.1) is 24.2 Å². The molecule has 2 fully saturated rings. The van der Waals surface area contributed by atoms with E-state index in [1.165, 1.54) is 0 Å². The van der Waals surface area contributed by atoms with E-state index in [-0.39, 0.29) is 102 Å². The molecule has 0 aromatic heterocycles. The Bertz CT molecular complexity index is 2420. The van der Waals surface area contributed by atoms with Crippen molar-refractivity contribution in [2.45, 2.75) is 180 Å². The largest absolute Gasteiger partial charge is 0.507 e. The Kier molecular flexibility index (Phi) is 28.2. The van der Waals surface area contributed by atoms with Gasteiger partial charge in [0, 0.05) is 123 Å². The summed E-state index contributed by atoms with van der Waals surface area (Å²) in [6.07, 6.45) is 14.9. The summed E-state index contributed by atoms with van der Waals surface area (Å²) in [4.78, 5) is 36.0. The van der Waals surface area contributed by atoms with Crippen molar-refractivity contribution in [2.24, 2.45) is 20.0 Å². The first kappa shape index (κ1) is 71.3. The summed E-state index contributed by atoms with van der Waals surface area (Å²) in [7, 11) is 0. The van der Waals surface area contributed by atoms with E-state index in [0.29, 0.717) is 42.3 Å². The summed E-state index contributed by atoms with van der Waals surface area (Å²) < 4.78 is 0. The molecule has 2 saturated carbocycles. The van der Waals surface area contributed by atoms with Gasteiger partial charge >= 0.3 is 0 Å². The molecule has 0 spiro atoms. The van der Waals surface area contributed by atoms with Crippen LogP contribution in [-0.4, -0.2) is 90.0 Å². The van der Waals surface area contributed by atoms with Crippen LogP contribution in [-0.2, 0) is 55.2 Å². The second kappa shape index (κ2) is 30.8. The molecule has 4 aromatic carbocycles. The third-order valence-electron chi connectivity index (χ3n) is 12.7. The predicted molar refractivity (Wildman–Crippen MR) is 307 cm³/mol. The van der Waals surface area contributed by atoms with Gasteiger partial charge in [-0.1, -0.05) is 155 Å². The van der Waals surface area contributed by atoms with E-state index >= 15 is 0 Å². The molecule has 2 radical (unpaired) electrons. The molecule has 0 amide bonds. The number of phenols is 4. The maximum atomic E-state index is 10.8. The molecular weight excluding hydrogens is 1180 g/mol. The van der Waals surface area contributed by atoms with Crippen LogP contribution in [0, 0.1) is 20.2 Å². The molecule has 0 saturated heterocycles. The fourth-order valence-electron chi connectivity index (χ4n) is 8.74. The zero-order valence-corrected chi connectivity index (χ0v) is 51.2. The predicted octanol–water partition coefficient (Wildman–Crippen LogP) is 15.0. The average Bonchev–Trinajstić information content (AvgIpc) is 3.28. The first-order chi connectivity index (χ1) is 35.0. The minimum atomic E-state index is -1.50. The quantitative estimate of drug-likeness (QED) is 0.0552. The van der Waals surface area contributed by atoms with Crippen LogP contribution in [0.2, 0.25) is 20.1 Å². The van der Waals surface area contributed by atoms with Gasteiger partial charge < -0.3 is 30.8 Å². The maximum Gasteiger partial charge on any atom is 0.291 e. The minimum absolute atomic E-state index is 0. The molecule has 22 heteroatoms. The van der Waals surface area contributed by atoms with Gasteiger partial charge in [-0.25, -0.2) is 0 Å². The molecule has 0 unspecified atom stereocenters. The Hall–Kier alpha value is -4.67. The number of nitrogens with zero attached hydrogens (tertiary/aromatic N) is 6. The van der Waals surface area contributed by atoms with Crippen molar-refractivity contribution in [3.63, 3.8) is 0 Å². The third kappa shape index (κ3) is 22.5. The number of phenolic OH excluding ortho intramolecular Hbond substituents is 4. The molecule has 0 heterocycles. The molecular formula is C56H74Cl4Co2N6O10. The number of aromatic hydroxyl groups is 4. The van der Waals surface area contributed by atoms with Crippen LogP contribution in [0.4, 0.5) is 0 Å². The summed E-state index contributed by atoms with van der Waals surface area (Å²) in [5, 5.41) is 72.9. The maximum absolute atomic E-state index is 10.8. The van der Waals surface area contributed by atoms with Crippen LogP contribution in [0.1, 0.15) is 179 Å². The summed E-state index contributed by atoms with van der Waals surface area (Å²) >= 11 is 25.3. The second-order valence-electron chi connectivity index (χ2n) is 23.0.